The third-order valence-corrected chi connectivity index (χ3v) is 4.93. The Balaban J connectivity index is 1.62. The van der Waals surface area contributed by atoms with Gasteiger partial charge in [-0.1, -0.05) is 36.6 Å². The van der Waals surface area contributed by atoms with Crippen molar-refractivity contribution in [2.45, 2.75) is 43.8 Å². The second-order valence-electron chi connectivity index (χ2n) is 6.36. The van der Waals surface area contributed by atoms with Crippen LogP contribution in [0.1, 0.15) is 43.8 Å². The fourth-order valence-corrected chi connectivity index (χ4v) is 3.48. The van der Waals surface area contributed by atoms with Gasteiger partial charge in [-0.3, -0.25) is 4.79 Å². The lowest BCUT2D eigenvalue weighted by molar-refractivity contribution is -0.144. The number of benzene rings is 1. The third-order valence-electron chi connectivity index (χ3n) is 4.68. The second kappa shape index (κ2) is 6.57. The molecule has 1 amide bonds. The van der Waals surface area contributed by atoms with E-state index < -0.39 is 5.60 Å². The summed E-state index contributed by atoms with van der Waals surface area (Å²) >= 11 is 5.91. The average molecular weight is 324 g/mol. The Bertz CT molecular complexity index is 525. The van der Waals surface area contributed by atoms with Gasteiger partial charge in [0.25, 0.3) is 0 Å². The fraction of sp³-hybridized carbons (Fsp3) is 0.588. The molecule has 4 nitrogen and oxygen atoms in total. The highest BCUT2D eigenvalue weighted by atomic mass is 35.5. The Kier molecular flexibility index (Phi) is 4.71. The first-order valence-electron chi connectivity index (χ1n) is 7.93. The molecule has 1 aromatic rings. The van der Waals surface area contributed by atoms with Crippen LogP contribution in [0.25, 0.3) is 0 Å². The highest BCUT2D eigenvalue weighted by Crippen LogP contribution is 2.33. The van der Waals surface area contributed by atoms with Crippen LogP contribution in [-0.4, -0.2) is 41.2 Å². The van der Waals surface area contributed by atoms with Crippen molar-refractivity contribution in [3.05, 3.63) is 34.9 Å². The standard InChI is InChI=1S/C17H22ClNO3/c18-14-5-3-13(4-6-14)15-12-19(9-10-22-15)16(20)11-17(21)7-1-2-8-17/h3-6,15,21H,1-2,7-12H2. The van der Waals surface area contributed by atoms with Gasteiger partial charge in [-0.25, -0.2) is 0 Å². The van der Waals surface area contributed by atoms with Crippen molar-refractivity contribution in [1.29, 1.82) is 0 Å². The molecule has 1 aromatic carbocycles. The van der Waals surface area contributed by atoms with Gasteiger partial charge in [0.1, 0.15) is 6.10 Å². The van der Waals surface area contributed by atoms with E-state index in [2.05, 4.69) is 0 Å². The van der Waals surface area contributed by atoms with Gasteiger partial charge < -0.3 is 14.7 Å². The van der Waals surface area contributed by atoms with E-state index in [9.17, 15) is 9.90 Å². The molecular weight excluding hydrogens is 302 g/mol. The predicted octanol–water partition coefficient (Wildman–Crippen LogP) is 2.94. The molecule has 0 radical (unpaired) electrons. The zero-order valence-electron chi connectivity index (χ0n) is 12.6. The molecule has 2 aliphatic rings. The highest BCUT2D eigenvalue weighted by Gasteiger charge is 2.36. The summed E-state index contributed by atoms with van der Waals surface area (Å²) in [6.07, 6.45) is 3.63. The maximum absolute atomic E-state index is 12.5. The SMILES string of the molecule is O=C(CC1(O)CCCC1)N1CCOC(c2ccc(Cl)cc2)C1. The first-order valence-corrected chi connectivity index (χ1v) is 8.31. The van der Waals surface area contributed by atoms with Gasteiger partial charge in [-0.15, -0.1) is 0 Å². The molecule has 1 aliphatic carbocycles. The summed E-state index contributed by atoms with van der Waals surface area (Å²) < 4.78 is 5.78. The minimum Gasteiger partial charge on any atom is -0.389 e. The minimum atomic E-state index is -0.787. The third kappa shape index (κ3) is 3.62. The summed E-state index contributed by atoms with van der Waals surface area (Å²) in [6.45, 7) is 1.66. The molecule has 0 spiro atoms. The number of hydrogen-bond acceptors (Lipinski definition) is 3. The molecule has 1 saturated carbocycles. The number of morpholine rings is 1. The quantitative estimate of drug-likeness (QED) is 0.930. The summed E-state index contributed by atoms with van der Waals surface area (Å²) in [4.78, 5) is 14.3. The summed E-state index contributed by atoms with van der Waals surface area (Å²) in [6, 6.07) is 7.54. The lowest BCUT2D eigenvalue weighted by Crippen LogP contribution is -2.45. The van der Waals surface area contributed by atoms with Crippen LogP contribution in [0.3, 0.4) is 0 Å². The number of amides is 1. The van der Waals surface area contributed by atoms with E-state index in [1.165, 1.54) is 0 Å². The van der Waals surface area contributed by atoms with Crippen LogP contribution in [0.2, 0.25) is 5.02 Å². The molecule has 0 aromatic heterocycles. The molecule has 1 saturated heterocycles. The maximum Gasteiger partial charge on any atom is 0.225 e. The molecule has 1 N–H and O–H groups in total. The van der Waals surface area contributed by atoms with E-state index in [1.807, 2.05) is 29.2 Å². The normalized spacial score (nSPS) is 24.5. The topological polar surface area (TPSA) is 49.8 Å². The summed E-state index contributed by atoms with van der Waals surface area (Å²) in [5.41, 5.74) is 0.243. The molecule has 120 valence electrons. The zero-order valence-corrected chi connectivity index (χ0v) is 13.4. The van der Waals surface area contributed by atoms with Crippen molar-refractivity contribution in [2.24, 2.45) is 0 Å². The Labute approximate surface area is 136 Å². The summed E-state index contributed by atoms with van der Waals surface area (Å²) in [5, 5.41) is 11.1. The van der Waals surface area contributed by atoms with E-state index in [4.69, 9.17) is 16.3 Å². The van der Waals surface area contributed by atoms with E-state index in [1.54, 1.807) is 0 Å². The van der Waals surface area contributed by atoms with Gasteiger partial charge in [0.05, 0.1) is 25.2 Å². The first-order chi connectivity index (χ1) is 10.6. The van der Waals surface area contributed by atoms with Crippen LogP contribution in [0.15, 0.2) is 24.3 Å². The van der Waals surface area contributed by atoms with Crippen LogP contribution < -0.4 is 0 Å². The number of halogens is 1. The molecule has 22 heavy (non-hydrogen) atoms. The Morgan fingerprint density at radius 1 is 1.32 bits per heavy atom. The van der Waals surface area contributed by atoms with E-state index in [0.29, 0.717) is 24.7 Å². The summed E-state index contributed by atoms with van der Waals surface area (Å²) in [7, 11) is 0. The van der Waals surface area contributed by atoms with Gasteiger partial charge in [0.15, 0.2) is 0 Å². The first kappa shape index (κ1) is 15.8. The number of nitrogens with zero attached hydrogens (tertiary/aromatic N) is 1. The van der Waals surface area contributed by atoms with Crippen LogP contribution in [0.5, 0.6) is 0 Å². The molecule has 1 atom stereocenters. The molecule has 1 heterocycles. The van der Waals surface area contributed by atoms with Crippen molar-refractivity contribution >= 4 is 17.5 Å². The van der Waals surface area contributed by atoms with E-state index in [0.717, 1.165) is 31.2 Å². The minimum absolute atomic E-state index is 0.0339. The molecule has 1 aliphatic heterocycles. The second-order valence-corrected chi connectivity index (χ2v) is 6.80. The number of carbonyl (C=O) groups excluding carboxylic acids is 1. The van der Waals surface area contributed by atoms with Crippen molar-refractivity contribution < 1.29 is 14.6 Å². The van der Waals surface area contributed by atoms with Crippen LogP contribution in [-0.2, 0) is 9.53 Å². The Hall–Kier alpha value is -1.10. The van der Waals surface area contributed by atoms with E-state index in [-0.39, 0.29) is 18.4 Å². The molecule has 5 heteroatoms. The Morgan fingerprint density at radius 2 is 2.00 bits per heavy atom. The number of hydrogen-bond donors (Lipinski definition) is 1. The van der Waals surface area contributed by atoms with Crippen molar-refractivity contribution in [3.8, 4) is 0 Å². The lowest BCUT2D eigenvalue weighted by Gasteiger charge is -2.35. The number of rotatable bonds is 3. The fourth-order valence-electron chi connectivity index (χ4n) is 3.36. The molecular formula is C17H22ClNO3. The molecule has 2 fully saturated rings. The maximum atomic E-state index is 12.5. The smallest absolute Gasteiger partial charge is 0.225 e. The van der Waals surface area contributed by atoms with Crippen LogP contribution in [0.4, 0.5) is 0 Å². The molecule has 1 unspecified atom stereocenters. The monoisotopic (exact) mass is 323 g/mol. The zero-order chi connectivity index (χ0) is 15.6. The average Bonchev–Trinajstić information content (AvgIpc) is 2.94. The van der Waals surface area contributed by atoms with Crippen molar-refractivity contribution in [1.82, 2.24) is 4.90 Å². The Morgan fingerprint density at radius 3 is 2.68 bits per heavy atom. The van der Waals surface area contributed by atoms with Crippen LogP contribution in [0, 0.1) is 0 Å². The molecule has 3 rings (SSSR count). The predicted molar refractivity (Wildman–Crippen MR) is 84.8 cm³/mol. The molecule has 0 bridgehead atoms. The van der Waals surface area contributed by atoms with Gasteiger partial charge in [0.2, 0.25) is 5.91 Å². The highest BCUT2D eigenvalue weighted by molar-refractivity contribution is 6.30. The number of carbonyl (C=O) groups is 1. The van der Waals surface area contributed by atoms with Gasteiger partial charge in [-0.2, -0.15) is 0 Å². The van der Waals surface area contributed by atoms with Gasteiger partial charge >= 0.3 is 0 Å². The van der Waals surface area contributed by atoms with Crippen molar-refractivity contribution in [3.63, 3.8) is 0 Å². The lowest BCUT2D eigenvalue weighted by atomic mass is 9.97. The summed E-state index contributed by atoms with van der Waals surface area (Å²) in [5.74, 6) is 0.0339. The van der Waals surface area contributed by atoms with Crippen LogP contribution >= 0.6 is 11.6 Å². The number of aliphatic hydroxyl groups is 1. The van der Waals surface area contributed by atoms with Gasteiger partial charge in [0, 0.05) is 11.6 Å². The largest absolute Gasteiger partial charge is 0.389 e. The van der Waals surface area contributed by atoms with E-state index >= 15 is 0 Å². The number of ether oxygens (including phenoxy) is 1. The van der Waals surface area contributed by atoms with Gasteiger partial charge in [-0.05, 0) is 30.5 Å². The van der Waals surface area contributed by atoms with Crippen molar-refractivity contribution in [2.75, 3.05) is 19.7 Å².